The van der Waals surface area contributed by atoms with Crippen molar-refractivity contribution in [2.75, 3.05) is 19.8 Å². The summed E-state index contributed by atoms with van der Waals surface area (Å²) < 4.78 is 5.31. The number of aromatic nitrogens is 2. The van der Waals surface area contributed by atoms with Crippen molar-refractivity contribution >= 4 is 0 Å². The molecule has 2 heterocycles. The van der Waals surface area contributed by atoms with Gasteiger partial charge in [-0.2, -0.15) is 0 Å². The number of imidazole rings is 1. The van der Waals surface area contributed by atoms with Crippen LogP contribution < -0.4 is 5.32 Å². The number of nitrogens with zero attached hydrogens (tertiary/aromatic N) is 1. The van der Waals surface area contributed by atoms with Gasteiger partial charge in [-0.1, -0.05) is 0 Å². The molecule has 14 heavy (non-hydrogen) atoms. The van der Waals surface area contributed by atoms with Gasteiger partial charge in [-0.15, -0.1) is 0 Å². The fourth-order valence-corrected chi connectivity index (χ4v) is 1.74. The van der Waals surface area contributed by atoms with Crippen LogP contribution in [0.2, 0.25) is 0 Å². The lowest BCUT2D eigenvalue weighted by Crippen LogP contribution is -2.27. The molecule has 0 atom stereocenters. The van der Waals surface area contributed by atoms with Gasteiger partial charge in [-0.25, -0.2) is 4.98 Å². The molecule has 0 amide bonds. The maximum Gasteiger partial charge on any atom is 0.0922 e. The molecule has 1 aromatic heterocycles. The van der Waals surface area contributed by atoms with Gasteiger partial charge in [-0.3, -0.25) is 0 Å². The Morgan fingerprint density at radius 1 is 1.50 bits per heavy atom. The van der Waals surface area contributed by atoms with E-state index in [-0.39, 0.29) is 0 Å². The quantitative estimate of drug-likeness (QED) is 0.751. The van der Waals surface area contributed by atoms with E-state index < -0.39 is 0 Å². The monoisotopic (exact) mass is 195 g/mol. The lowest BCUT2D eigenvalue weighted by atomic mass is 10.0. The van der Waals surface area contributed by atoms with E-state index in [1.54, 1.807) is 6.33 Å². The molecule has 2 rings (SSSR count). The summed E-state index contributed by atoms with van der Waals surface area (Å²) in [6.07, 6.45) is 5.95. The van der Waals surface area contributed by atoms with Crippen LogP contribution in [0.3, 0.4) is 0 Å². The van der Waals surface area contributed by atoms with E-state index in [1.807, 2.05) is 6.20 Å². The zero-order valence-corrected chi connectivity index (χ0v) is 8.33. The standard InChI is InChI=1S/C10H17N3O/c1-3-14-4-2-9(1)5-11-6-10-7-12-8-13-10/h7-9,11H,1-6H2,(H,12,13). The largest absolute Gasteiger partial charge is 0.381 e. The molecule has 1 aliphatic heterocycles. The fourth-order valence-electron chi connectivity index (χ4n) is 1.74. The molecule has 0 aliphatic carbocycles. The van der Waals surface area contributed by atoms with Crippen molar-refractivity contribution in [3.8, 4) is 0 Å². The minimum atomic E-state index is 0.784. The summed E-state index contributed by atoms with van der Waals surface area (Å²) in [7, 11) is 0. The van der Waals surface area contributed by atoms with Gasteiger partial charge in [0.25, 0.3) is 0 Å². The van der Waals surface area contributed by atoms with Gasteiger partial charge in [0, 0.05) is 31.6 Å². The number of aromatic amines is 1. The highest BCUT2D eigenvalue weighted by Gasteiger charge is 2.12. The number of nitrogens with one attached hydrogen (secondary N) is 2. The molecule has 4 heteroatoms. The molecule has 0 saturated carbocycles. The minimum Gasteiger partial charge on any atom is -0.381 e. The highest BCUT2D eigenvalue weighted by molar-refractivity contribution is 4.93. The van der Waals surface area contributed by atoms with Crippen molar-refractivity contribution in [2.45, 2.75) is 19.4 Å². The Hall–Kier alpha value is -0.870. The smallest absolute Gasteiger partial charge is 0.0922 e. The van der Waals surface area contributed by atoms with Crippen LogP contribution in [0.25, 0.3) is 0 Å². The molecular formula is C10H17N3O. The maximum atomic E-state index is 5.31. The molecule has 0 radical (unpaired) electrons. The Bertz CT molecular complexity index is 242. The van der Waals surface area contributed by atoms with E-state index in [2.05, 4.69) is 15.3 Å². The molecule has 0 spiro atoms. The van der Waals surface area contributed by atoms with Crippen LogP contribution in [-0.2, 0) is 11.3 Å². The van der Waals surface area contributed by atoms with E-state index in [0.29, 0.717) is 0 Å². The SMILES string of the molecule is c1ncc(CNCC2CCOCC2)[nH]1. The second kappa shape index (κ2) is 5.12. The van der Waals surface area contributed by atoms with Crippen LogP contribution in [0, 0.1) is 5.92 Å². The van der Waals surface area contributed by atoms with Crippen molar-refractivity contribution in [3.63, 3.8) is 0 Å². The van der Waals surface area contributed by atoms with Crippen molar-refractivity contribution in [2.24, 2.45) is 5.92 Å². The first-order chi connectivity index (χ1) is 6.95. The normalized spacial score (nSPS) is 18.6. The zero-order valence-electron chi connectivity index (χ0n) is 8.33. The van der Waals surface area contributed by atoms with Crippen LogP contribution >= 0.6 is 0 Å². The molecule has 0 bridgehead atoms. The summed E-state index contributed by atoms with van der Waals surface area (Å²) in [5.41, 5.74) is 1.15. The fraction of sp³-hybridized carbons (Fsp3) is 0.700. The third-order valence-corrected chi connectivity index (χ3v) is 2.64. The molecule has 1 aromatic rings. The summed E-state index contributed by atoms with van der Waals surface area (Å²) in [5, 5.41) is 3.43. The molecule has 78 valence electrons. The van der Waals surface area contributed by atoms with Gasteiger partial charge in [-0.05, 0) is 25.3 Å². The Kier molecular flexibility index (Phi) is 3.54. The molecule has 2 N–H and O–H groups in total. The predicted molar refractivity (Wildman–Crippen MR) is 53.8 cm³/mol. The van der Waals surface area contributed by atoms with Gasteiger partial charge in [0.1, 0.15) is 0 Å². The first-order valence-corrected chi connectivity index (χ1v) is 5.21. The first kappa shape index (κ1) is 9.68. The van der Waals surface area contributed by atoms with E-state index in [4.69, 9.17) is 4.74 Å². The third-order valence-electron chi connectivity index (χ3n) is 2.64. The molecule has 0 unspecified atom stereocenters. The van der Waals surface area contributed by atoms with Crippen LogP contribution in [0.4, 0.5) is 0 Å². The van der Waals surface area contributed by atoms with Gasteiger partial charge in [0.2, 0.25) is 0 Å². The van der Waals surface area contributed by atoms with Gasteiger partial charge in [0.15, 0.2) is 0 Å². The highest BCUT2D eigenvalue weighted by atomic mass is 16.5. The number of rotatable bonds is 4. The summed E-state index contributed by atoms with van der Waals surface area (Å²) in [4.78, 5) is 7.05. The second-order valence-corrected chi connectivity index (χ2v) is 3.76. The number of hydrogen-bond acceptors (Lipinski definition) is 3. The lowest BCUT2D eigenvalue weighted by Gasteiger charge is -2.22. The Labute approximate surface area is 84.1 Å². The first-order valence-electron chi connectivity index (χ1n) is 5.21. The molecule has 1 aliphatic rings. The van der Waals surface area contributed by atoms with Crippen LogP contribution in [0.1, 0.15) is 18.5 Å². The summed E-state index contributed by atoms with van der Waals surface area (Å²) in [5.74, 6) is 0.784. The summed E-state index contributed by atoms with van der Waals surface area (Å²) in [6, 6.07) is 0. The molecule has 4 nitrogen and oxygen atoms in total. The molecule has 1 fully saturated rings. The van der Waals surface area contributed by atoms with E-state index in [1.165, 1.54) is 12.8 Å². The molecule has 1 saturated heterocycles. The van der Waals surface area contributed by atoms with Crippen molar-refractivity contribution in [3.05, 3.63) is 18.2 Å². The Balaban J connectivity index is 1.62. The number of H-pyrrole nitrogens is 1. The third kappa shape index (κ3) is 2.82. The van der Waals surface area contributed by atoms with E-state index in [9.17, 15) is 0 Å². The summed E-state index contributed by atoms with van der Waals surface area (Å²) >= 11 is 0. The predicted octanol–water partition coefficient (Wildman–Crippen LogP) is 0.926. The number of hydrogen-bond donors (Lipinski definition) is 2. The van der Waals surface area contributed by atoms with Crippen molar-refractivity contribution < 1.29 is 4.74 Å². The zero-order chi connectivity index (χ0) is 9.64. The topological polar surface area (TPSA) is 49.9 Å². The van der Waals surface area contributed by atoms with Crippen LogP contribution in [0.5, 0.6) is 0 Å². The van der Waals surface area contributed by atoms with Gasteiger partial charge >= 0.3 is 0 Å². The van der Waals surface area contributed by atoms with E-state index in [0.717, 1.165) is 37.9 Å². The average Bonchev–Trinajstić information content (AvgIpc) is 2.72. The Morgan fingerprint density at radius 3 is 3.07 bits per heavy atom. The second-order valence-electron chi connectivity index (χ2n) is 3.76. The molecule has 0 aromatic carbocycles. The van der Waals surface area contributed by atoms with Gasteiger partial charge < -0.3 is 15.0 Å². The van der Waals surface area contributed by atoms with E-state index >= 15 is 0 Å². The van der Waals surface area contributed by atoms with Crippen LogP contribution in [-0.4, -0.2) is 29.7 Å². The number of ether oxygens (including phenoxy) is 1. The highest BCUT2D eigenvalue weighted by Crippen LogP contribution is 2.13. The average molecular weight is 195 g/mol. The van der Waals surface area contributed by atoms with Gasteiger partial charge in [0.05, 0.1) is 6.33 Å². The van der Waals surface area contributed by atoms with Crippen LogP contribution in [0.15, 0.2) is 12.5 Å². The minimum absolute atomic E-state index is 0.784. The van der Waals surface area contributed by atoms with Crippen molar-refractivity contribution in [1.29, 1.82) is 0 Å². The molecular weight excluding hydrogens is 178 g/mol. The maximum absolute atomic E-state index is 5.31. The Morgan fingerprint density at radius 2 is 2.36 bits per heavy atom. The lowest BCUT2D eigenvalue weighted by molar-refractivity contribution is 0.0662. The summed E-state index contributed by atoms with van der Waals surface area (Å²) in [6.45, 7) is 3.83. The van der Waals surface area contributed by atoms with Crippen molar-refractivity contribution in [1.82, 2.24) is 15.3 Å².